The van der Waals surface area contributed by atoms with Crippen molar-refractivity contribution in [2.24, 2.45) is 17.6 Å². The molecule has 1 aliphatic carbocycles. The molecular formula is C28H34F2N6O4S. The molecular weight excluding hydrogens is 554 g/mol. The molecule has 0 spiro atoms. The topological polar surface area (TPSA) is 141 Å². The van der Waals surface area contributed by atoms with Crippen LogP contribution in [0.4, 0.5) is 20.3 Å². The Morgan fingerprint density at radius 2 is 1.68 bits per heavy atom. The second kappa shape index (κ2) is 11.1. The van der Waals surface area contributed by atoms with Gasteiger partial charge < -0.3 is 20.9 Å². The summed E-state index contributed by atoms with van der Waals surface area (Å²) in [7, 11) is -3.81. The van der Waals surface area contributed by atoms with E-state index in [1.54, 1.807) is 19.1 Å². The third kappa shape index (κ3) is 5.82. The zero-order valence-corrected chi connectivity index (χ0v) is 23.7. The van der Waals surface area contributed by atoms with Gasteiger partial charge in [-0.3, -0.25) is 9.59 Å². The van der Waals surface area contributed by atoms with Gasteiger partial charge in [-0.25, -0.2) is 22.2 Å². The summed E-state index contributed by atoms with van der Waals surface area (Å²) < 4.78 is 59.2. The first-order chi connectivity index (χ1) is 19.4. The highest BCUT2D eigenvalue weighted by Gasteiger charge is 2.44. The summed E-state index contributed by atoms with van der Waals surface area (Å²) >= 11 is 0. The van der Waals surface area contributed by atoms with Crippen molar-refractivity contribution < 1.29 is 26.8 Å². The summed E-state index contributed by atoms with van der Waals surface area (Å²) in [5, 5.41) is 7.71. The number of alkyl halides is 2. The number of sulfonamides is 1. The monoisotopic (exact) mass is 588 g/mol. The maximum absolute atomic E-state index is 15.6. The first-order valence-electron chi connectivity index (χ1n) is 13.7. The number of aryl methyl sites for hydroxylation is 1. The summed E-state index contributed by atoms with van der Waals surface area (Å²) in [5.74, 6) is -4.59. The summed E-state index contributed by atoms with van der Waals surface area (Å²) in [4.78, 5) is 31.4. The zero-order chi connectivity index (χ0) is 29.5. The van der Waals surface area contributed by atoms with Crippen LogP contribution >= 0.6 is 0 Å². The smallest absolute Gasteiger partial charge is 0.276 e. The van der Waals surface area contributed by atoms with Gasteiger partial charge in [-0.2, -0.15) is 4.31 Å². The standard InChI is InChI=1S/C28H34F2N6O4S/c1-18-14-21(28(29,30)20-4-2-19(3-5-20)27(32)38)15-25(33-18)34-10-12-35(13-11-34)41(39,40)24-8-6-23(7-9-24)36-17-22(31)16-26(36)37/h6-9,14-15,19-20,31H,2-5,10-13,16-17H2,1H3,(H2,32,38). The number of carbonyl (C=O) groups is 2. The van der Waals surface area contributed by atoms with Crippen molar-refractivity contribution in [3.05, 3.63) is 47.7 Å². The van der Waals surface area contributed by atoms with Crippen LogP contribution in [0.15, 0.2) is 41.3 Å². The van der Waals surface area contributed by atoms with Gasteiger partial charge in [0.05, 0.1) is 17.9 Å². The van der Waals surface area contributed by atoms with Gasteiger partial charge in [-0.1, -0.05) is 0 Å². The van der Waals surface area contributed by atoms with E-state index >= 15 is 8.78 Å². The summed E-state index contributed by atoms with van der Waals surface area (Å²) in [6, 6.07) is 8.85. The minimum atomic E-state index is -3.81. The molecule has 2 saturated heterocycles. The van der Waals surface area contributed by atoms with E-state index in [4.69, 9.17) is 11.1 Å². The number of benzene rings is 1. The highest BCUT2D eigenvalue weighted by Crippen LogP contribution is 2.45. The fraction of sp³-hybridized carbons (Fsp3) is 0.500. The van der Waals surface area contributed by atoms with Crippen molar-refractivity contribution in [1.82, 2.24) is 9.29 Å². The largest absolute Gasteiger partial charge is 0.369 e. The van der Waals surface area contributed by atoms with Crippen molar-refractivity contribution in [2.45, 2.75) is 49.8 Å². The lowest BCUT2D eigenvalue weighted by atomic mass is 9.77. The molecule has 0 unspecified atom stereocenters. The van der Waals surface area contributed by atoms with E-state index in [9.17, 15) is 18.0 Å². The normalized spacial score (nSPS) is 22.8. The predicted molar refractivity (Wildman–Crippen MR) is 150 cm³/mol. The number of hydrogen-bond donors (Lipinski definition) is 2. The van der Waals surface area contributed by atoms with Crippen LogP contribution in [-0.2, 0) is 25.5 Å². The predicted octanol–water partition coefficient (Wildman–Crippen LogP) is 3.04. The lowest BCUT2D eigenvalue weighted by Gasteiger charge is -2.36. The second-order valence-corrected chi connectivity index (χ2v) is 13.0. The average molecular weight is 589 g/mol. The number of carbonyl (C=O) groups excluding carboxylic acids is 2. The third-order valence-electron chi connectivity index (χ3n) is 8.33. The average Bonchev–Trinajstić information content (AvgIpc) is 3.30. The highest BCUT2D eigenvalue weighted by molar-refractivity contribution is 7.89. The number of piperazine rings is 1. The molecule has 3 aliphatic rings. The zero-order valence-electron chi connectivity index (χ0n) is 22.9. The highest BCUT2D eigenvalue weighted by atomic mass is 32.2. The van der Waals surface area contributed by atoms with E-state index in [2.05, 4.69) is 4.98 Å². The number of hydrogen-bond acceptors (Lipinski definition) is 7. The Labute approximate surface area is 238 Å². The van der Waals surface area contributed by atoms with Gasteiger partial charge in [-0.15, -0.1) is 0 Å². The van der Waals surface area contributed by atoms with Gasteiger partial charge in [0.1, 0.15) is 5.82 Å². The minimum absolute atomic E-state index is 0.0667. The summed E-state index contributed by atoms with van der Waals surface area (Å²) in [6.07, 6.45) is 1.20. The number of primary amides is 1. The van der Waals surface area contributed by atoms with Crippen molar-refractivity contribution in [3.8, 4) is 0 Å². The maximum Gasteiger partial charge on any atom is 0.276 e. The van der Waals surface area contributed by atoms with Gasteiger partial charge in [0.2, 0.25) is 21.8 Å². The fourth-order valence-electron chi connectivity index (χ4n) is 5.93. The first kappa shape index (κ1) is 29.1. The van der Waals surface area contributed by atoms with Crippen molar-refractivity contribution in [3.63, 3.8) is 0 Å². The number of nitrogens with one attached hydrogen (secondary N) is 1. The Kier molecular flexibility index (Phi) is 7.86. The van der Waals surface area contributed by atoms with Crippen LogP contribution in [0.25, 0.3) is 0 Å². The number of anilines is 2. The van der Waals surface area contributed by atoms with E-state index < -0.39 is 27.8 Å². The molecule has 3 heterocycles. The minimum Gasteiger partial charge on any atom is -0.369 e. The van der Waals surface area contributed by atoms with E-state index in [0.29, 0.717) is 35.8 Å². The molecule has 0 radical (unpaired) electrons. The van der Waals surface area contributed by atoms with Gasteiger partial charge in [0.15, 0.2) is 0 Å². The Hall–Kier alpha value is -3.45. The molecule has 3 N–H and O–H groups in total. The SMILES string of the molecule is Cc1cc(C(F)(F)C2CCC(C(N)=O)CC2)cc(N2CCN(S(=O)(=O)c3ccc(N4CC(=N)CC4=O)cc3)CC2)n1. The Morgan fingerprint density at radius 3 is 2.24 bits per heavy atom. The van der Waals surface area contributed by atoms with Crippen LogP contribution in [0.1, 0.15) is 43.4 Å². The first-order valence-corrected chi connectivity index (χ1v) is 15.2. The lowest BCUT2D eigenvalue weighted by Crippen LogP contribution is -2.49. The molecule has 13 heteroatoms. The molecule has 1 saturated carbocycles. The number of aromatic nitrogens is 1. The molecule has 10 nitrogen and oxygen atoms in total. The van der Waals surface area contributed by atoms with E-state index in [0.717, 1.165) is 0 Å². The van der Waals surface area contributed by atoms with Crippen molar-refractivity contribution in [2.75, 3.05) is 42.5 Å². The molecule has 3 fully saturated rings. The van der Waals surface area contributed by atoms with Gasteiger partial charge in [0, 0.05) is 60.7 Å². The number of rotatable bonds is 7. The van der Waals surface area contributed by atoms with Gasteiger partial charge >= 0.3 is 0 Å². The van der Waals surface area contributed by atoms with E-state index in [-0.39, 0.29) is 74.3 Å². The molecule has 2 aliphatic heterocycles. The number of pyridine rings is 1. The lowest BCUT2D eigenvalue weighted by molar-refractivity contribution is -0.126. The summed E-state index contributed by atoms with van der Waals surface area (Å²) in [6.45, 7) is 2.74. The van der Waals surface area contributed by atoms with Crippen LogP contribution in [0.5, 0.6) is 0 Å². The molecule has 2 amide bonds. The van der Waals surface area contributed by atoms with Crippen molar-refractivity contribution >= 4 is 39.1 Å². The molecule has 1 aromatic carbocycles. The van der Waals surface area contributed by atoms with Crippen LogP contribution in [0.3, 0.4) is 0 Å². The van der Waals surface area contributed by atoms with Crippen LogP contribution in [-0.4, -0.2) is 68.0 Å². The number of nitrogens with two attached hydrogens (primary N) is 1. The van der Waals surface area contributed by atoms with Gasteiger partial charge in [0.25, 0.3) is 5.92 Å². The third-order valence-corrected chi connectivity index (χ3v) is 10.2. The Morgan fingerprint density at radius 1 is 1.05 bits per heavy atom. The van der Waals surface area contributed by atoms with E-state index in [1.165, 1.54) is 33.5 Å². The summed E-state index contributed by atoms with van der Waals surface area (Å²) in [5.41, 5.74) is 6.55. The quantitative estimate of drug-likeness (QED) is 0.510. The number of halogens is 2. The van der Waals surface area contributed by atoms with Crippen LogP contribution in [0.2, 0.25) is 0 Å². The number of nitrogens with zero attached hydrogens (tertiary/aromatic N) is 4. The molecule has 41 heavy (non-hydrogen) atoms. The number of amides is 2. The molecule has 220 valence electrons. The van der Waals surface area contributed by atoms with Gasteiger partial charge in [-0.05, 0) is 69.0 Å². The van der Waals surface area contributed by atoms with Crippen LogP contribution in [0, 0.1) is 24.2 Å². The van der Waals surface area contributed by atoms with Crippen LogP contribution < -0.4 is 15.5 Å². The fourth-order valence-corrected chi connectivity index (χ4v) is 7.36. The molecule has 0 atom stereocenters. The Balaban J connectivity index is 1.25. The molecule has 1 aromatic heterocycles. The molecule has 5 rings (SSSR count). The van der Waals surface area contributed by atoms with E-state index in [1.807, 2.05) is 4.90 Å². The molecule has 0 bridgehead atoms. The van der Waals surface area contributed by atoms with Crippen molar-refractivity contribution in [1.29, 1.82) is 5.41 Å². The second-order valence-electron chi connectivity index (χ2n) is 11.1. The molecule has 2 aromatic rings. The Bertz CT molecular complexity index is 1450. The maximum atomic E-state index is 15.6.